The Morgan fingerprint density at radius 1 is 0.971 bits per heavy atom. The molecule has 6 rings (SSSR count). The third kappa shape index (κ3) is 4.05. The molecule has 4 aromatic heterocycles. The average molecular weight is 471 g/mol. The highest BCUT2D eigenvalue weighted by molar-refractivity contribution is 5.93. The highest BCUT2D eigenvalue weighted by Crippen LogP contribution is 2.29. The Hall–Kier alpha value is -4.08. The first kappa shape index (κ1) is 21.5. The molecule has 2 saturated heterocycles. The molecule has 0 bridgehead atoms. The smallest absolute Gasteiger partial charge is 0.327 e. The molecule has 10 heteroatoms. The average Bonchev–Trinajstić information content (AvgIpc) is 3.53. The van der Waals surface area contributed by atoms with Gasteiger partial charge in [-0.2, -0.15) is 0 Å². The van der Waals surface area contributed by atoms with Crippen molar-refractivity contribution < 1.29 is 4.79 Å². The topological polar surface area (TPSA) is 113 Å². The standard InChI is InChI=1S/C25H26N8O2/c34-24(32-11-5-18(15-32)17-3-9-26-10-4-17)20-14-22(29-16-28-20)31-12-6-19(7-13-31)33-21-2-1-8-27-23(21)30-25(33)35/h1-4,8-10,14,16,18-19H,5-7,11-13,15H2,(H,27,30,35). The number of amides is 1. The minimum atomic E-state index is -0.122. The van der Waals surface area contributed by atoms with E-state index in [1.807, 2.05) is 33.7 Å². The van der Waals surface area contributed by atoms with Crippen molar-refractivity contribution in [3.05, 3.63) is 77.0 Å². The Balaban J connectivity index is 1.13. The second kappa shape index (κ2) is 8.94. The number of aromatic nitrogens is 6. The number of pyridine rings is 2. The number of fused-ring (bicyclic) bond motifs is 1. The fourth-order valence-electron chi connectivity index (χ4n) is 5.33. The molecule has 0 spiro atoms. The van der Waals surface area contributed by atoms with Gasteiger partial charge in [0, 0.05) is 62.8 Å². The number of imidazole rings is 1. The summed E-state index contributed by atoms with van der Waals surface area (Å²) in [6.07, 6.45) is 9.28. The van der Waals surface area contributed by atoms with Crippen molar-refractivity contribution in [2.75, 3.05) is 31.1 Å². The lowest BCUT2D eigenvalue weighted by Gasteiger charge is -2.33. The van der Waals surface area contributed by atoms with Crippen molar-refractivity contribution in [2.45, 2.75) is 31.2 Å². The van der Waals surface area contributed by atoms with Gasteiger partial charge >= 0.3 is 5.69 Å². The lowest BCUT2D eigenvalue weighted by atomic mass is 10.00. The predicted molar refractivity (Wildman–Crippen MR) is 130 cm³/mol. The highest BCUT2D eigenvalue weighted by atomic mass is 16.2. The number of rotatable bonds is 4. The third-order valence-corrected chi connectivity index (χ3v) is 7.17. The SMILES string of the molecule is O=C(c1cc(N2CCC(n3c(=O)[nH]c4ncccc43)CC2)ncn1)N1CCC(c2ccncc2)C1. The maximum absolute atomic E-state index is 13.2. The first-order chi connectivity index (χ1) is 17.2. The van der Waals surface area contributed by atoms with Gasteiger partial charge < -0.3 is 9.80 Å². The Bertz CT molecular complexity index is 1410. The van der Waals surface area contributed by atoms with Crippen LogP contribution in [0.5, 0.6) is 0 Å². The van der Waals surface area contributed by atoms with Crippen LogP contribution >= 0.6 is 0 Å². The van der Waals surface area contributed by atoms with Crippen LogP contribution < -0.4 is 10.6 Å². The van der Waals surface area contributed by atoms with Gasteiger partial charge in [0.15, 0.2) is 5.65 Å². The summed E-state index contributed by atoms with van der Waals surface area (Å²) in [5, 5.41) is 0. The molecule has 35 heavy (non-hydrogen) atoms. The Morgan fingerprint density at radius 2 is 1.80 bits per heavy atom. The number of nitrogens with zero attached hydrogens (tertiary/aromatic N) is 7. The van der Waals surface area contributed by atoms with Crippen molar-refractivity contribution in [3.8, 4) is 0 Å². The first-order valence-electron chi connectivity index (χ1n) is 12.0. The molecule has 1 unspecified atom stereocenters. The molecular formula is C25H26N8O2. The maximum atomic E-state index is 13.2. The van der Waals surface area contributed by atoms with Crippen LogP contribution in [0.3, 0.4) is 0 Å². The van der Waals surface area contributed by atoms with Gasteiger partial charge in [-0.25, -0.2) is 19.7 Å². The van der Waals surface area contributed by atoms with Crippen molar-refractivity contribution in [3.63, 3.8) is 0 Å². The summed E-state index contributed by atoms with van der Waals surface area (Å²) in [6, 6.07) is 9.70. The summed E-state index contributed by atoms with van der Waals surface area (Å²) in [5.74, 6) is 1.02. The summed E-state index contributed by atoms with van der Waals surface area (Å²) in [6.45, 7) is 2.87. The zero-order valence-electron chi connectivity index (χ0n) is 19.2. The summed E-state index contributed by atoms with van der Waals surface area (Å²) >= 11 is 0. The van der Waals surface area contributed by atoms with Crippen molar-refractivity contribution in [1.82, 2.24) is 34.4 Å². The van der Waals surface area contributed by atoms with Gasteiger partial charge in [0.25, 0.3) is 5.91 Å². The van der Waals surface area contributed by atoms with E-state index in [4.69, 9.17) is 0 Å². The fraction of sp³-hybridized carbons (Fsp3) is 0.360. The quantitative estimate of drug-likeness (QED) is 0.487. The molecule has 0 aromatic carbocycles. The van der Waals surface area contributed by atoms with Crippen LogP contribution in [-0.4, -0.2) is 66.5 Å². The molecule has 2 fully saturated rings. The van der Waals surface area contributed by atoms with Crippen LogP contribution in [0.25, 0.3) is 11.2 Å². The number of likely N-dealkylation sites (tertiary alicyclic amines) is 1. The fourth-order valence-corrected chi connectivity index (χ4v) is 5.33. The monoisotopic (exact) mass is 470 g/mol. The van der Waals surface area contributed by atoms with E-state index in [2.05, 4.69) is 29.8 Å². The predicted octanol–water partition coefficient (Wildman–Crippen LogP) is 2.38. The van der Waals surface area contributed by atoms with Gasteiger partial charge in [-0.05, 0) is 49.1 Å². The van der Waals surface area contributed by atoms with Gasteiger partial charge in [-0.15, -0.1) is 0 Å². The van der Waals surface area contributed by atoms with Crippen LogP contribution in [0, 0.1) is 0 Å². The Kier molecular flexibility index (Phi) is 5.48. The second-order valence-corrected chi connectivity index (χ2v) is 9.17. The number of H-pyrrole nitrogens is 1. The van der Waals surface area contributed by atoms with Gasteiger partial charge in [-0.3, -0.25) is 19.3 Å². The lowest BCUT2D eigenvalue weighted by molar-refractivity contribution is 0.0785. The van der Waals surface area contributed by atoms with E-state index in [9.17, 15) is 9.59 Å². The van der Waals surface area contributed by atoms with Gasteiger partial charge in [0.05, 0.1) is 5.52 Å². The zero-order valence-corrected chi connectivity index (χ0v) is 19.2. The van der Waals surface area contributed by atoms with E-state index in [0.717, 1.165) is 43.7 Å². The number of nitrogens with one attached hydrogen (secondary N) is 1. The summed E-state index contributed by atoms with van der Waals surface area (Å²) in [5.41, 5.74) is 2.97. The molecule has 2 aliphatic rings. The number of piperidine rings is 1. The van der Waals surface area contributed by atoms with E-state index in [0.29, 0.717) is 30.3 Å². The van der Waals surface area contributed by atoms with E-state index < -0.39 is 0 Å². The number of carbonyl (C=O) groups is 1. The van der Waals surface area contributed by atoms with Crippen molar-refractivity contribution in [1.29, 1.82) is 0 Å². The second-order valence-electron chi connectivity index (χ2n) is 9.17. The van der Waals surface area contributed by atoms with Crippen LogP contribution in [0.15, 0.2) is 60.0 Å². The van der Waals surface area contributed by atoms with Crippen LogP contribution in [-0.2, 0) is 0 Å². The van der Waals surface area contributed by atoms with E-state index in [1.54, 1.807) is 24.7 Å². The van der Waals surface area contributed by atoms with E-state index >= 15 is 0 Å². The number of hydrogen-bond acceptors (Lipinski definition) is 7. The first-order valence-corrected chi connectivity index (χ1v) is 12.0. The summed E-state index contributed by atoms with van der Waals surface area (Å²) in [4.78, 5) is 49.7. The number of carbonyl (C=O) groups excluding carboxylic acids is 1. The summed E-state index contributed by atoms with van der Waals surface area (Å²) < 4.78 is 1.82. The molecular weight excluding hydrogens is 444 g/mol. The molecule has 10 nitrogen and oxygen atoms in total. The Morgan fingerprint density at radius 3 is 2.63 bits per heavy atom. The molecule has 0 radical (unpaired) electrons. The largest absolute Gasteiger partial charge is 0.356 e. The third-order valence-electron chi connectivity index (χ3n) is 7.17. The zero-order chi connectivity index (χ0) is 23.8. The molecule has 0 aliphatic carbocycles. The van der Waals surface area contributed by atoms with Crippen LogP contribution in [0.4, 0.5) is 5.82 Å². The minimum absolute atomic E-state index is 0.0575. The van der Waals surface area contributed by atoms with Gasteiger partial charge in [0.2, 0.25) is 0 Å². The van der Waals surface area contributed by atoms with Crippen LogP contribution in [0.2, 0.25) is 0 Å². The van der Waals surface area contributed by atoms with E-state index in [1.165, 1.54) is 11.9 Å². The highest BCUT2D eigenvalue weighted by Gasteiger charge is 2.30. The number of hydrogen-bond donors (Lipinski definition) is 1. The van der Waals surface area contributed by atoms with E-state index in [-0.39, 0.29) is 17.6 Å². The van der Waals surface area contributed by atoms with Crippen molar-refractivity contribution >= 4 is 22.9 Å². The maximum Gasteiger partial charge on any atom is 0.327 e. The molecule has 2 aliphatic heterocycles. The molecule has 178 valence electrons. The Labute approximate surface area is 201 Å². The van der Waals surface area contributed by atoms with Gasteiger partial charge in [-0.1, -0.05) is 0 Å². The minimum Gasteiger partial charge on any atom is -0.356 e. The lowest BCUT2D eigenvalue weighted by Crippen LogP contribution is -2.37. The molecule has 4 aromatic rings. The molecule has 6 heterocycles. The number of anilines is 1. The molecule has 0 saturated carbocycles. The normalized spacial score (nSPS) is 18.9. The summed E-state index contributed by atoms with van der Waals surface area (Å²) in [7, 11) is 0. The van der Waals surface area contributed by atoms with Crippen molar-refractivity contribution in [2.24, 2.45) is 0 Å². The molecule has 1 N–H and O–H groups in total. The van der Waals surface area contributed by atoms with Crippen LogP contribution in [0.1, 0.15) is 47.3 Å². The molecule has 1 atom stereocenters. The molecule has 1 amide bonds. The van der Waals surface area contributed by atoms with Gasteiger partial charge in [0.1, 0.15) is 17.8 Å². The number of aromatic amines is 1.